The fourth-order valence-electron chi connectivity index (χ4n) is 3.83. The van der Waals surface area contributed by atoms with Crippen molar-refractivity contribution in [1.29, 1.82) is 0 Å². The first-order chi connectivity index (χ1) is 16.4. The Hall–Kier alpha value is -3.36. The fraction of sp³-hybridized carbons (Fsp3) is 0.240. The average molecular weight is 499 g/mol. The minimum atomic E-state index is -0.688. The van der Waals surface area contributed by atoms with Gasteiger partial charge in [-0.05, 0) is 49.8 Å². The molecule has 3 aromatic rings. The number of carbonyl (C=O) groups excluding carboxylic acids is 1. The van der Waals surface area contributed by atoms with Crippen LogP contribution in [0.1, 0.15) is 31.0 Å². The summed E-state index contributed by atoms with van der Waals surface area (Å²) in [4.78, 5) is 31.6. The summed E-state index contributed by atoms with van der Waals surface area (Å²) in [6.45, 7) is 3.70. The Morgan fingerprint density at radius 3 is 2.56 bits per heavy atom. The van der Waals surface area contributed by atoms with Crippen molar-refractivity contribution in [2.45, 2.75) is 19.9 Å². The Bertz CT molecular complexity index is 1450. The first-order valence-electron chi connectivity index (χ1n) is 10.5. The zero-order chi connectivity index (χ0) is 24.4. The molecule has 2 heterocycles. The fourth-order valence-corrected chi connectivity index (χ4v) is 4.99. The van der Waals surface area contributed by atoms with Crippen LogP contribution < -0.4 is 24.4 Å². The number of thiazole rings is 1. The predicted octanol–water partition coefficient (Wildman–Crippen LogP) is 3.47. The molecule has 1 aliphatic heterocycles. The number of aromatic nitrogens is 1. The predicted molar refractivity (Wildman–Crippen MR) is 131 cm³/mol. The zero-order valence-corrected chi connectivity index (χ0v) is 20.7. The van der Waals surface area contributed by atoms with Gasteiger partial charge in [-0.3, -0.25) is 9.36 Å². The highest BCUT2D eigenvalue weighted by molar-refractivity contribution is 7.07. The van der Waals surface area contributed by atoms with Gasteiger partial charge in [0.15, 0.2) is 4.80 Å². The first-order valence-corrected chi connectivity index (χ1v) is 11.7. The van der Waals surface area contributed by atoms with E-state index in [9.17, 15) is 9.59 Å². The quantitative estimate of drug-likeness (QED) is 0.486. The summed E-state index contributed by atoms with van der Waals surface area (Å²) >= 11 is 7.34. The summed E-state index contributed by atoms with van der Waals surface area (Å²) < 4.78 is 18.0. The highest BCUT2D eigenvalue weighted by Crippen LogP contribution is 2.31. The molecule has 0 saturated carbocycles. The van der Waals surface area contributed by atoms with Gasteiger partial charge in [-0.25, -0.2) is 9.79 Å². The van der Waals surface area contributed by atoms with Gasteiger partial charge in [0, 0.05) is 16.7 Å². The summed E-state index contributed by atoms with van der Waals surface area (Å²) in [5, 5.41) is 0.557. The van der Waals surface area contributed by atoms with E-state index in [0.29, 0.717) is 37.1 Å². The van der Waals surface area contributed by atoms with Crippen molar-refractivity contribution in [2.24, 2.45) is 4.99 Å². The van der Waals surface area contributed by atoms with Crippen molar-refractivity contribution >= 4 is 35.0 Å². The molecule has 4 rings (SSSR count). The van der Waals surface area contributed by atoms with Crippen LogP contribution in [-0.2, 0) is 9.53 Å². The lowest BCUT2D eigenvalue weighted by molar-refractivity contribution is -0.139. The first kappa shape index (κ1) is 23.8. The van der Waals surface area contributed by atoms with Crippen LogP contribution in [0.25, 0.3) is 6.08 Å². The zero-order valence-electron chi connectivity index (χ0n) is 19.1. The maximum Gasteiger partial charge on any atom is 0.338 e. The Morgan fingerprint density at radius 1 is 1.18 bits per heavy atom. The van der Waals surface area contributed by atoms with E-state index in [0.717, 1.165) is 11.1 Å². The molecular formula is C25H23ClN2O5S. The molecule has 0 bridgehead atoms. The number of ether oxygens (including phenoxy) is 3. The lowest BCUT2D eigenvalue weighted by atomic mass is 9.96. The van der Waals surface area contributed by atoms with E-state index in [4.69, 9.17) is 25.8 Å². The van der Waals surface area contributed by atoms with E-state index < -0.39 is 12.0 Å². The van der Waals surface area contributed by atoms with Crippen LogP contribution in [0.4, 0.5) is 0 Å². The third-order valence-electron chi connectivity index (χ3n) is 5.43. The molecule has 0 unspecified atom stereocenters. The molecule has 0 spiro atoms. The minimum Gasteiger partial charge on any atom is -0.497 e. The molecule has 0 amide bonds. The highest BCUT2D eigenvalue weighted by atomic mass is 35.5. The molecule has 0 saturated heterocycles. The lowest BCUT2D eigenvalue weighted by Crippen LogP contribution is -2.39. The molecule has 1 aliphatic rings. The summed E-state index contributed by atoms with van der Waals surface area (Å²) in [6.07, 6.45) is 1.75. The molecule has 34 heavy (non-hydrogen) atoms. The number of benzene rings is 2. The maximum absolute atomic E-state index is 13.6. The van der Waals surface area contributed by atoms with Crippen LogP contribution in [0, 0.1) is 0 Å². The number of nitrogens with zero attached hydrogens (tertiary/aromatic N) is 2. The number of halogens is 1. The van der Waals surface area contributed by atoms with Gasteiger partial charge in [0.2, 0.25) is 0 Å². The van der Waals surface area contributed by atoms with E-state index in [2.05, 4.69) is 4.99 Å². The molecule has 0 N–H and O–H groups in total. The van der Waals surface area contributed by atoms with Gasteiger partial charge in [0.25, 0.3) is 5.56 Å². The molecule has 0 fully saturated rings. The second kappa shape index (κ2) is 9.87. The third kappa shape index (κ3) is 4.38. The number of hydrogen-bond acceptors (Lipinski definition) is 7. The van der Waals surface area contributed by atoms with E-state index in [1.165, 1.54) is 15.9 Å². The summed E-state index contributed by atoms with van der Waals surface area (Å²) in [7, 11) is 3.13. The van der Waals surface area contributed by atoms with Crippen LogP contribution in [0.3, 0.4) is 0 Å². The Labute approximate surface area is 205 Å². The normalized spacial score (nSPS) is 15.6. The largest absolute Gasteiger partial charge is 0.497 e. The van der Waals surface area contributed by atoms with Gasteiger partial charge in [0.1, 0.15) is 11.5 Å². The number of esters is 1. The van der Waals surface area contributed by atoms with Crippen LogP contribution in [0.5, 0.6) is 11.5 Å². The molecule has 1 aromatic heterocycles. The molecule has 0 radical (unpaired) electrons. The van der Waals surface area contributed by atoms with Gasteiger partial charge < -0.3 is 14.2 Å². The smallest absolute Gasteiger partial charge is 0.338 e. The monoisotopic (exact) mass is 498 g/mol. The Morgan fingerprint density at radius 2 is 1.91 bits per heavy atom. The van der Waals surface area contributed by atoms with Crippen molar-refractivity contribution < 1.29 is 19.0 Å². The number of allylic oxidation sites excluding steroid dienone is 1. The van der Waals surface area contributed by atoms with Crippen molar-refractivity contribution in [1.82, 2.24) is 4.57 Å². The van der Waals surface area contributed by atoms with Gasteiger partial charge in [0.05, 0.1) is 42.7 Å². The number of fused-ring (bicyclic) bond motifs is 1. The van der Waals surface area contributed by atoms with Crippen LogP contribution in [0.2, 0.25) is 5.02 Å². The molecular weight excluding hydrogens is 476 g/mol. The van der Waals surface area contributed by atoms with Crippen LogP contribution in [-0.4, -0.2) is 31.4 Å². The van der Waals surface area contributed by atoms with Gasteiger partial charge >= 0.3 is 5.97 Å². The van der Waals surface area contributed by atoms with E-state index in [-0.39, 0.29) is 12.2 Å². The molecule has 9 heteroatoms. The summed E-state index contributed by atoms with van der Waals surface area (Å²) in [6, 6.07) is 11.7. The molecule has 176 valence electrons. The van der Waals surface area contributed by atoms with E-state index in [1.54, 1.807) is 70.5 Å². The Balaban J connectivity index is 1.94. The summed E-state index contributed by atoms with van der Waals surface area (Å²) in [5.41, 5.74) is 2.02. The lowest BCUT2D eigenvalue weighted by Gasteiger charge is -2.24. The SMILES string of the molecule is CCOC(=O)C1=C(C)N=c2s/c(=C\c3ccc(OC)cc3OC)c(=O)n2[C@H]1c1ccc(Cl)cc1. The standard InChI is InChI=1S/C25H23ClN2O5S/c1-5-33-24(30)21-14(2)27-25-28(22(21)15-6-9-17(26)10-7-15)23(29)20(34-25)12-16-8-11-18(31-3)13-19(16)32-4/h6-13,22H,5H2,1-4H3/b20-12-/t22-/m0/s1. The average Bonchev–Trinajstić information content (AvgIpc) is 3.13. The molecule has 7 nitrogen and oxygen atoms in total. The number of hydrogen-bond donors (Lipinski definition) is 0. The van der Waals surface area contributed by atoms with E-state index >= 15 is 0 Å². The number of rotatable bonds is 6. The minimum absolute atomic E-state index is 0.213. The van der Waals surface area contributed by atoms with Gasteiger partial charge in [-0.15, -0.1) is 0 Å². The van der Waals surface area contributed by atoms with Crippen molar-refractivity contribution in [2.75, 3.05) is 20.8 Å². The Kier molecular flexibility index (Phi) is 6.90. The molecule has 2 aromatic carbocycles. The number of methoxy groups -OCH3 is 2. The second-order valence-electron chi connectivity index (χ2n) is 7.46. The van der Waals surface area contributed by atoms with Crippen molar-refractivity contribution in [3.8, 4) is 11.5 Å². The second-order valence-corrected chi connectivity index (χ2v) is 8.91. The third-order valence-corrected chi connectivity index (χ3v) is 6.66. The number of carbonyl (C=O) groups is 1. The molecule has 1 atom stereocenters. The van der Waals surface area contributed by atoms with Gasteiger partial charge in [-0.2, -0.15) is 0 Å². The maximum atomic E-state index is 13.6. The van der Waals surface area contributed by atoms with Gasteiger partial charge in [-0.1, -0.05) is 35.1 Å². The topological polar surface area (TPSA) is 79.1 Å². The molecule has 0 aliphatic carbocycles. The highest BCUT2D eigenvalue weighted by Gasteiger charge is 2.33. The van der Waals surface area contributed by atoms with E-state index in [1.807, 2.05) is 6.07 Å². The van der Waals surface area contributed by atoms with Crippen molar-refractivity contribution in [3.63, 3.8) is 0 Å². The summed E-state index contributed by atoms with van der Waals surface area (Å²) in [5.74, 6) is 0.713. The van der Waals surface area contributed by atoms with Crippen molar-refractivity contribution in [3.05, 3.63) is 89.6 Å². The van der Waals surface area contributed by atoms with Crippen LogP contribution >= 0.6 is 22.9 Å². The van der Waals surface area contributed by atoms with Crippen LogP contribution in [0.15, 0.2) is 63.5 Å².